The van der Waals surface area contributed by atoms with Gasteiger partial charge in [-0.05, 0) is 49.4 Å². The molecule has 2 aliphatic rings. The Kier molecular flexibility index (Phi) is 3.27. The summed E-state index contributed by atoms with van der Waals surface area (Å²) in [7, 11) is 0. The van der Waals surface area contributed by atoms with Crippen molar-refractivity contribution in [3.63, 3.8) is 0 Å². The van der Waals surface area contributed by atoms with Crippen LogP contribution in [0.25, 0.3) is 0 Å². The molecule has 3 rings (SSSR count). The molecule has 2 aliphatic heterocycles. The van der Waals surface area contributed by atoms with E-state index in [1.54, 1.807) is 4.88 Å². The quantitative estimate of drug-likeness (QED) is 0.801. The van der Waals surface area contributed by atoms with Gasteiger partial charge in [0, 0.05) is 17.8 Å². The molecule has 0 radical (unpaired) electrons. The minimum atomic E-state index is 0.371. The van der Waals surface area contributed by atoms with Crippen LogP contribution in [-0.2, 0) is 11.2 Å². The molecular formula is C13H19NOS. The van der Waals surface area contributed by atoms with Gasteiger partial charge in [-0.2, -0.15) is 0 Å². The molecule has 1 atom stereocenters. The third kappa shape index (κ3) is 2.17. The highest BCUT2D eigenvalue weighted by molar-refractivity contribution is 7.10. The normalized spacial score (nSPS) is 25.9. The van der Waals surface area contributed by atoms with Crippen molar-refractivity contribution in [2.75, 3.05) is 26.2 Å². The molecule has 1 aromatic rings. The van der Waals surface area contributed by atoms with Crippen LogP contribution in [0.1, 0.15) is 35.8 Å². The van der Waals surface area contributed by atoms with E-state index in [1.807, 2.05) is 11.3 Å². The lowest BCUT2D eigenvalue weighted by Gasteiger charge is -2.25. The van der Waals surface area contributed by atoms with E-state index in [0.29, 0.717) is 6.10 Å². The van der Waals surface area contributed by atoms with Gasteiger partial charge in [-0.15, -0.1) is 11.3 Å². The second-order valence-corrected chi connectivity index (χ2v) is 5.75. The smallest absolute Gasteiger partial charge is 0.0848 e. The van der Waals surface area contributed by atoms with E-state index in [4.69, 9.17) is 4.74 Å². The summed E-state index contributed by atoms with van der Waals surface area (Å²) in [5.41, 5.74) is 1.47. The predicted octanol–water partition coefficient (Wildman–Crippen LogP) is 2.85. The van der Waals surface area contributed by atoms with Crippen LogP contribution in [0.2, 0.25) is 0 Å². The number of hydrogen-bond donors (Lipinski definition) is 0. The van der Waals surface area contributed by atoms with Gasteiger partial charge in [-0.25, -0.2) is 0 Å². The number of nitrogens with zero attached hydrogens (tertiary/aromatic N) is 1. The first-order valence-corrected chi connectivity index (χ1v) is 7.22. The highest BCUT2D eigenvalue weighted by atomic mass is 32.1. The van der Waals surface area contributed by atoms with Crippen molar-refractivity contribution in [2.45, 2.75) is 31.8 Å². The minimum absolute atomic E-state index is 0.371. The maximum Gasteiger partial charge on any atom is 0.0848 e. The first kappa shape index (κ1) is 10.8. The van der Waals surface area contributed by atoms with Crippen molar-refractivity contribution in [1.82, 2.24) is 4.90 Å². The summed E-state index contributed by atoms with van der Waals surface area (Å²) < 4.78 is 5.90. The largest absolute Gasteiger partial charge is 0.373 e. The van der Waals surface area contributed by atoms with Crippen molar-refractivity contribution in [1.29, 1.82) is 0 Å². The molecule has 0 amide bonds. The first-order chi connectivity index (χ1) is 7.93. The minimum Gasteiger partial charge on any atom is -0.373 e. The number of thiophene rings is 1. The standard InChI is InChI=1S/C13H19NOS/c1-2-7-14(6-1)8-3-12-11-5-10-16-13(11)4-9-15-12/h5,10,12H,1-4,6-9H2/t12-/m0/s1. The van der Waals surface area contributed by atoms with Crippen LogP contribution in [-0.4, -0.2) is 31.1 Å². The molecule has 0 N–H and O–H groups in total. The molecule has 0 aliphatic carbocycles. The average molecular weight is 237 g/mol. The lowest BCUT2D eigenvalue weighted by molar-refractivity contribution is 0.0320. The van der Waals surface area contributed by atoms with Crippen molar-refractivity contribution >= 4 is 11.3 Å². The van der Waals surface area contributed by atoms with Crippen molar-refractivity contribution in [2.24, 2.45) is 0 Å². The number of fused-ring (bicyclic) bond motifs is 1. The molecule has 3 heterocycles. The molecule has 88 valence electrons. The molecule has 1 saturated heterocycles. The summed E-state index contributed by atoms with van der Waals surface area (Å²) in [6, 6.07) is 2.26. The number of rotatable bonds is 3. The summed E-state index contributed by atoms with van der Waals surface area (Å²) in [5, 5.41) is 2.21. The van der Waals surface area contributed by atoms with Crippen LogP contribution >= 0.6 is 11.3 Å². The maximum absolute atomic E-state index is 5.90. The van der Waals surface area contributed by atoms with Crippen LogP contribution in [0.5, 0.6) is 0 Å². The molecular weight excluding hydrogens is 218 g/mol. The van der Waals surface area contributed by atoms with Gasteiger partial charge in [0.15, 0.2) is 0 Å². The van der Waals surface area contributed by atoms with E-state index in [-0.39, 0.29) is 0 Å². The lowest BCUT2D eigenvalue weighted by atomic mass is 10.0. The third-order valence-electron chi connectivity index (χ3n) is 3.68. The summed E-state index contributed by atoms with van der Waals surface area (Å²) in [5.74, 6) is 0. The fourth-order valence-electron chi connectivity index (χ4n) is 2.77. The Balaban J connectivity index is 1.59. The van der Waals surface area contributed by atoms with E-state index >= 15 is 0 Å². The fraction of sp³-hybridized carbons (Fsp3) is 0.692. The van der Waals surface area contributed by atoms with Crippen molar-refractivity contribution in [3.05, 3.63) is 21.9 Å². The molecule has 0 bridgehead atoms. The van der Waals surface area contributed by atoms with Gasteiger partial charge in [0.1, 0.15) is 0 Å². The zero-order chi connectivity index (χ0) is 10.8. The molecule has 1 fully saturated rings. The Labute approximate surface area is 101 Å². The molecule has 1 aromatic heterocycles. The monoisotopic (exact) mass is 237 g/mol. The summed E-state index contributed by atoms with van der Waals surface area (Å²) >= 11 is 1.89. The van der Waals surface area contributed by atoms with Gasteiger partial charge in [-0.3, -0.25) is 0 Å². The number of ether oxygens (including phenoxy) is 1. The summed E-state index contributed by atoms with van der Waals surface area (Å²) in [6.45, 7) is 4.71. The van der Waals surface area contributed by atoms with Crippen molar-refractivity contribution in [3.8, 4) is 0 Å². The SMILES string of the molecule is c1cc2c(s1)CCO[C@H]2CCN1CCCC1. The molecule has 16 heavy (non-hydrogen) atoms. The van der Waals surface area contributed by atoms with E-state index in [1.165, 1.54) is 44.5 Å². The number of likely N-dealkylation sites (tertiary alicyclic amines) is 1. The Morgan fingerprint density at radius 3 is 3.12 bits per heavy atom. The van der Waals surface area contributed by atoms with Crippen molar-refractivity contribution < 1.29 is 4.74 Å². The second kappa shape index (κ2) is 4.86. The van der Waals surface area contributed by atoms with Crippen LogP contribution < -0.4 is 0 Å². The second-order valence-electron chi connectivity index (χ2n) is 4.75. The summed E-state index contributed by atoms with van der Waals surface area (Å²) in [6.07, 6.45) is 5.43. The molecule has 0 saturated carbocycles. The van der Waals surface area contributed by atoms with Gasteiger partial charge in [0.25, 0.3) is 0 Å². The van der Waals surface area contributed by atoms with Gasteiger partial charge in [0.2, 0.25) is 0 Å². The molecule has 0 unspecified atom stereocenters. The van der Waals surface area contributed by atoms with E-state index in [0.717, 1.165) is 13.0 Å². The lowest BCUT2D eigenvalue weighted by Crippen LogP contribution is -2.24. The average Bonchev–Trinajstić information content (AvgIpc) is 2.97. The first-order valence-electron chi connectivity index (χ1n) is 6.34. The van der Waals surface area contributed by atoms with E-state index in [9.17, 15) is 0 Å². The third-order valence-corrected chi connectivity index (χ3v) is 4.68. The van der Waals surface area contributed by atoms with Gasteiger partial charge in [-0.1, -0.05) is 0 Å². The topological polar surface area (TPSA) is 12.5 Å². The van der Waals surface area contributed by atoms with Crippen LogP contribution in [0.4, 0.5) is 0 Å². The summed E-state index contributed by atoms with van der Waals surface area (Å²) in [4.78, 5) is 4.13. The van der Waals surface area contributed by atoms with Crippen LogP contribution in [0, 0.1) is 0 Å². The Morgan fingerprint density at radius 2 is 2.25 bits per heavy atom. The van der Waals surface area contributed by atoms with E-state index in [2.05, 4.69) is 16.3 Å². The number of hydrogen-bond acceptors (Lipinski definition) is 3. The predicted molar refractivity (Wildman–Crippen MR) is 67.0 cm³/mol. The highest BCUT2D eigenvalue weighted by Gasteiger charge is 2.22. The van der Waals surface area contributed by atoms with E-state index < -0.39 is 0 Å². The molecule has 2 nitrogen and oxygen atoms in total. The zero-order valence-electron chi connectivity index (χ0n) is 9.65. The van der Waals surface area contributed by atoms with Gasteiger partial charge in [0.05, 0.1) is 12.7 Å². The Morgan fingerprint density at radius 1 is 1.38 bits per heavy atom. The zero-order valence-corrected chi connectivity index (χ0v) is 10.5. The Hall–Kier alpha value is -0.380. The molecule has 0 aromatic carbocycles. The van der Waals surface area contributed by atoms with Crippen LogP contribution in [0.3, 0.4) is 0 Å². The van der Waals surface area contributed by atoms with Gasteiger partial charge >= 0.3 is 0 Å². The Bertz CT molecular complexity index is 343. The fourth-order valence-corrected chi connectivity index (χ4v) is 3.68. The maximum atomic E-state index is 5.90. The molecule has 3 heteroatoms. The van der Waals surface area contributed by atoms with Crippen LogP contribution in [0.15, 0.2) is 11.4 Å². The highest BCUT2D eigenvalue weighted by Crippen LogP contribution is 2.33. The molecule has 0 spiro atoms. The van der Waals surface area contributed by atoms with Gasteiger partial charge < -0.3 is 9.64 Å².